The molecule has 0 heterocycles. The second-order valence-corrected chi connectivity index (χ2v) is 4.15. The normalized spacial score (nSPS) is 13.3. The molecule has 0 radical (unpaired) electrons. The van der Waals surface area contributed by atoms with Gasteiger partial charge in [0.2, 0.25) is 0 Å². The van der Waals surface area contributed by atoms with Crippen molar-refractivity contribution in [3.8, 4) is 0 Å². The molecule has 0 aliphatic heterocycles. The zero-order chi connectivity index (χ0) is 9.84. The first-order valence-corrected chi connectivity index (χ1v) is 4.91. The third-order valence-corrected chi connectivity index (χ3v) is 2.70. The molecule has 0 spiro atoms. The van der Waals surface area contributed by atoms with E-state index in [1.165, 1.54) is 12.1 Å². The van der Waals surface area contributed by atoms with Gasteiger partial charge in [0.05, 0.1) is 0 Å². The zero-order valence-corrected chi connectivity index (χ0v) is 8.68. The minimum absolute atomic E-state index is 0.0850. The lowest BCUT2D eigenvalue weighted by Crippen LogP contribution is -2.11. The monoisotopic (exact) mass is 200 g/mol. The van der Waals surface area contributed by atoms with Gasteiger partial charge < -0.3 is 0 Å². The summed E-state index contributed by atoms with van der Waals surface area (Å²) in [5.41, 5.74) is 0.966. The molecule has 0 aromatic heterocycles. The zero-order valence-electron chi connectivity index (χ0n) is 7.93. The van der Waals surface area contributed by atoms with Crippen molar-refractivity contribution in [3.63, 3.8) is 0 Å². The molecule has 0 N–H and O–H groups in total. The van der Waals surface area contributed by atoms with Gasteiger partial charge in [-0.3, -0.25) is 0 Å². The summed E-state index contributed by atoms with van der Waals surface area (Å²) < 4.78 is 12.8. The molecule has 0 nitrogen and oxygen atoms in total. The molecule has 1 aromatic rings. The Morgan fingerprint density at radius 3 is 2.62 bits per heavy atom. The lowest BCUT2D eigenvalue weighted by Gasteiger charge is -2.12. The Kier molecular flexibility index (Phi) is 3.73. The molecule has 0 aliphatic carbocycles. The molecular formula is C11H14ClF. The minimum atomic E-state index is -0.190. The lowest BCUT2D eigenvalue weighted by molar-refractivity contribution is 0.590. The number of alkyl halides is 1. The highest BCUT2D eigenvalue weighted by atomic mass is 35.5. The van der Waals surface area contributed by atoms with Crippen molar-refractivity contribution in [1.82, 2.24) is 0 Å². The van der Waals surface area contributed by atoms with E-state index in [9.17, 15) is 4.39 Å². The van der Waals surface area contributed by atoms with Crippen LogP contribution in [0.25, 0.3) is 0 Å². The van der Waals surface area contributed by atoms with Crippen LogP contribution in [0, 0.1) is 11.7 Å². The van der Waals surface area contributed by atoms with E-state index in [1.807, 2.05) is 6.07 Å². The van der Waals surface area contributed by atoms with Crippen LogP contribution in [0.2, 0.25) is 0 Å². The molecule has 1 atom stereocenters. The molecule has 13 heavy (non-hydrogen) atoms. The Morgan fingerprint density at radius 1 is 1.38 bits per heavy atom. The van der Waals surface area contributed by atoms with Crippen LogP contribution in [0.1, 0.15) is 19.4 Å². The first-order chi connectivity index (χ1) is 6.09. The second-order valence-electron chi connectivity index (χ2n) is 3.59. The molecule has 0 aliphatic rings. The summed E-state index contributed by atoms with van der Waals surface area (Å²) in [4.78, 5) is 0. The largest absolute Gasteiger partial charge is 0.207 e. The number of hydrogen-bond donors (Lipinski definition) is 0. The third kappa shape index (κ3) is 3.35. The van der Waals surface area contributed by atoms with Crippen LogP contribution in [-0.2, 0) is 6.42 Å². The predicted molar refractivity (Wildman–Crippen MR) is 54.6 cm³/mol. The predicted octanol–water partition coefficient (Wildman–Crippen LogP) is 3.63. The van der Waals surface area contributed by atoms with E-state index in [2.05, 4.69) is 13.8 Å². The van der Waals surface area contributed by atoms with Gasteiger partial charge in [0, 0.05) is 5.38 Å². The maximum atomic E-state index is 12.8. The molecule has 1 aromatic carbocycles. The van der Waals surface area contributed by atoms with Crippen molar-refractivity contribution < 1.29 is 4.39 Å². The molecule has 1 unspecified atom stereocenters. The highest BCUT2D eigenvalue weighted by Crippen LogP contribution is 2.16. The summed E-state index contributed by atoms with van der Waals surface area (Å²) in [6, 6.07) is 6.61. The summed E-state index contributed by atoms with van der Waals surface area (Å²) in [5, 5.41) is 0.0850. The number of halogens is 2. The summed E-state index contributed by atoms with van der Waals surface area (Å²) >= 11 is 6.08. The van der Waals surface area contributed by atoms with Gasteiger partial charge in [0.15, 0.2) is 0 Å². The van der Waals surface area contributed by atoms with E-state index in [0.717, 1.165) is 12.0 Å². The molecule has 0 saturated heterocycles. The summed E-state index contributed by atoms with van der Waals surface area (Å²) in [6.45, 7) is 4.13. The lowest BCUT2D eigenvalue weighted by atomic mass is 10.0. The van der Waals surface area contributed by atoms with Gasteiger partial charge in [-0.15, -0.1) is 11.6 Å². The molecule has 0 amide bonds. The average Bonchev–Trinajstić information content (AvgIpc) is 2.04. The van der Waals surface area contributed by atoms with Crippen LogP contribution in [0.4, 0.5) is 4.39 Å². The smallest absolute Gasteiger partial charge is 0.123 e. The fourth-order valence-electron chi connectivity index (χ4n) is 1.12. The van der Waals surface area contributed by atoms with Gasteiger partial charge >= 0.3 is 0 Å². The van der Waals surface area contributed by atoms with E-state index < -0.39 is 0 Å². The van der Waals surface area contributed by atoms with Crippen LogP contribution in [-0.4, -0.2) is 5.38 Å². The van der Waals surface area contributed by atoms with Crippen LogP contribution >= 0.6 is 11.6 Å². The Bertz CT molecular complexity index is 271. The van der Waals surface area contributed by atoms with Crippen molar-refractivity contribution in [1.29, 1.82) is 0 Å². The molecule has 2 heteroatoms. The molecule has 0 bridgehead atoms. The third-order valence-electron chi connectivity index (χ3n) is 2.04. The van der Waals surface area contributed by atoms with E-state index in [-0.39, 0.29) is 11.2 Å². The Balaban J connectivity index is 2.64. The van der Waals surface area contributed by atoms with Gasteiger partial charge in [0.25, 0.3) is 0 Å². The van der Waals surface area contributed by atoms with Gasteiger partial charge in [-0.1, -0.05) is 26.0 Å². The maximum Gasteiger partial charge on any atom is 0.123 e. The number of benzene rings is 1. The van der Waals surface area contributed by atoms with Gasteiger partial charge in [-0.05, 0) is 30.0 Å². The molecular weight excluding hydrogens is 187 g/mol. The van der Waals surface area contributed by atoms with Gasteiger partial charge in [0.1, 0.15) is 5.82 Å². The Morgan fingerprint density at radius 2 is 2.08 bits per heavy atom. The first kappa shape index (κ1) is 10.5. The minimum Gasteiger partial charge on any atom is -0.207 e. The highest BCUT2D eigenvalue weighted by Gasteiger charge is 2.10. The van der Waals surface area contributed by atoms with E-state index >= 15 is 0 Å². The SMILES string of the molecule is CC(C)C(Cl)Cc1cccc(F)c1. The number of rotatable bonds is 3. The van der Waals surface area contributed by atoms with Gasteiger partial charge in [-0.25, -0.2) is 4.39 Å². The summed E-state index contributed by atoms with van der Waals surface area (Å²) in [7, 11) is 0. The highest BCUT2D eigenvalue weighted by molar-refractivity contribution is 6.20. The van der Waals surface area contributed by atoms with Crippen LogP contribution in [0.3, 0.4) is 0 Å². The Labute approximate surface area is 83.7 Å². The van der Waals surface area contributed by atoms with E-state index in [4.69, 9.17) is 11.6 Å². The average molecular weight is 201 g/mol. The van der Waals surface area contributed by atoms with Crippen molar-refractivity contribution >= 4 is 11.6 Å². The number of hydrogen-bond acceptors (Lipinski definition) is 0. The van der Waals surface area contributed by atoms with Gasteiger partial charge in [-0.2, -0.15) is 0 Å². The van der Waals surface area contributed by atoms with Crippen LogP contribution < -0.4 is 0 Å². The molecule has 0 saturated carbocycles. The van der Waals surface area contributed by atoms with Crippen molar-refractivity contribution in [2.45, 2.75) is 25.6 Å². The van der Waals surface area contributed by atoms with E-state index in [0.29, 0.717) is 5.92 Å². The summed E-state index contributed by atoms with van der Waals surface area (Å²) in [6.07, 6.45) is 0.733. The van der Waals surface area contributed by atoms with Crippen molar-refractivity contribution in [2.75, 3.05) is 0 Å². The van der Waals surface area contributed by atoms with Crippen molar-refractivity contribution in [2.24, 2.45) is 5.92 Å². The fraction of sp³-hybridized carbons (Fsp3) is 0.455. The van der Waals surface area contributed by atoms with Crippen LogP contribution in [0.5, 0.6) is 0 Å². The molecule has 0 fully saturated rings. The molecule has 1 rings (SSSR count). The first-order valence-electron chi connectivity index (χ1n) is 4.48. The fourth-order valence-corrected chi connectivity index (χ4v) is 1.30. The van der Waals surface area contributed by atoms with E-state index in [1.54, 1.807) is 6.07 Å². The van der Waals surface area contributed by atoms with Crippen LogP contribution in [0.15, 0.2) is 24.3 Å². The molecule has 72 valence electrons. The maximum absolute atomic E-state index is 12.8. The standard InChI is InChI=1S/C11H14ClF/c1-8(2)11(12)7-9-4-3-5-10(13)6-9/h3-6,8,11H,7H2,1-2H3. The summed E-state index contributed by atoms with van der Waals surface area (Å²) in [5.74, 6) is 0.232. The van der Waals surface area contributed by atoms with Crippen molar-refractivity contribution in [3.05, 3.63) is 35.6 Å². The topological polar surface area (TPSA) is 0 Å². The quantitative estimate of drug-likeness (QED) is 0.654. The second kappa shape index (κ2) is 4.61. The Hall–Kier alpha value is -0.560.